The topological polar surface area (TPSA) is 85.9 Å². The maximum Gasteiger partial charge on any atom is 0.258 e. The number of hydrogen-bond acceptors (Lipinski definition) is 5. The summed E-state index contributed by atoms with van der Waals surface area (Å²) in [6, 6.07) is 5.25. The van der Waals surface area contributed by atoms with Crippen LogP contribution in [-0.4, -0.2) is 44.9 Å². The zero-order valence-electron chi connectivity index (χ0n) is 15.7. The molecule has 3 saturated carbocycles. The molecule has 1 aliphatic heterocycles. The largest absolute Gasteiger partial charge is 0.497 e. The van der Waals surface area contributed by atoms with Gasteiger partial charge in [-0.05, 0) is 37.3 Å². The Bertz CT molecular complexity index is 752. The van der Waals surface area contributed by atoms with Crippen LogP contribution in [0.1, 0.15) is 36.0 Å². The number of fused-ring (bicyclic) bond motifs is 3. The predicted octanol–water partition coefficient (Wildman–Crippen LogP) is 1.71. The molecule has 1 heterocycles. The number of ether oxygens (including phenoxy) is 3. The van der Waals surface area contributed by atoms with E-state index in [4.69, 9.17) is 14.2 Å². The summed E-state index contributed by atoms with van der Waals surface area (Å²) < 4.78 is 16.6. The number of carbonyl (C=O) groups is 2. The number of methoxy groups -OCH3 is 2. The van der Waals surface area contributed by atoms with Crippen LogP contribution in [0, 0.1) is 17.8 Å². The molecular weight excluding hydrogens is 348 g/mol. The first-order valence-corrected chi connectivity index (χ1v) is 9.52. The smallest absolute Gasteiger partial charge is 0.258 e. The number of rotatable bonds is 5. The van der Waals surface area contributed by atoms with E-state index in [1.54, 1.807) is 32.4 Å². The molecule has 0 aromatic heterocycles. The third kappa shape index (κ3) is 3.14. The molecule has 3 fully saturated rings. The van der Waals surface area contributed by atoms with Crippen LogP contribution < -0.4 is 20.1 Å². The van der Waals surface area contributed by atoms with Gasteiger partial charge in [0.05, 0.1) is 19.3 Å². The third-order valence-corrected chi connectivity index (χ3v) is 6.21. The Kier molecular flexibility index (Phi) is 4.72. The van der Waals surface area contributed by atoms with Crippen molar-refractivity contribution in [1.29, 1.82) is 0 Å². The fourth-order valence-electron chi connectivity index (χ4n) is 4.85. The second-order valence-corrected chi connectivity index (χ2v) is 7.67. The van der Waals surface area contributed by atoms with Crippen LogP contribution in [0.4, 0.5) is 0 Å². The summed E-state index contributed by atoms with van der Waals surface area (Å²) in [7, 11) is 3.21. The highest BCUT2D eigenvalue weighted by molar-refractivity contribution is 5.98. The summed E-state index contributed by atoms with van der Waals surface area (Å²) in [5, 5.41) is 6.08. The summed E-state index contributed by atoms with van der Waals surface area (Å²) in [4.78, 5) is 25.3. The number of nitrogens with one attached hydrogen (secondary N) is 2. The minimum absolute atomic E-state index is 0.0292. The standard InChI is InChI=1S/C20H26N2O5/c1-25-8-7-21-18(23)16-9-13-4-3-12(16)11-20(13)22-19(24)15-6-5-14(26-2)10-17(15)27-20/h5-6,10,12-13,16H,3-4,7-9,11H2,1-2H3,(H,21,23)(H,22,24)/t12-,13+,16-,20+/m0/s1. The number of benzene rings is 1. The SMILES string of the molecule is COCCNC(=O)[C@H]1C[C@H]2CC[C@H]1C[C@]21NC(=O)c2ccc(OC)cc2O1. The average Bonchev–Trinajstić information content (AvgIpc) is 2.67. The summed E-state index contributed by atoms with van der Waals surface area (Å²) in [5.74, 6) is 1.47. The van der Waals surface area contributed by atoms with Gasteiger partial charge in [0, 0.05) is 38.0 Å². The maximum absolute atomic E-state index is 12.7. The van der Waals surface area contributed by atoms with Crippen LogP contribution in [0.5, 0.6) is 11.5 Å². The lowest BCUT2D eigenvalue weighted by Crippen LogP contribution is -2.67. The van der Waals surface area contributed by atoms with Gasteiger partial charge in [0.2, 0.25) is 5.91 Å². The zero-order chi connectivity index (χ0) is 19.0. The third-order valence-electron chi connectivity index (χ3n) is 6.21. The van der Waals surface area contributed by atoms with E-state index in [0.717, 1.165) is 19.3 Å². The Morgan fingerprint density at radius 2 is 2.22 bits per heavy atom. The second-order valence-electron chi connectivity index (χ2n) is 7.67. The van der Waals surface area contributed by atoms with E-state index in [-0.39, 0.29) is 29.6 Å². The first-order chi connectivity index (χ1) is 13.1. The van der Waals surface area contributed by atoms with Gasteiger partial charge in [-0.15, -0.1) is 0 Å². The fourth-order valence-corrected chi connectivity index (χ4v) is 4.85. The van der Waals surface area contributed by atoms with Gasteiger partial charge in [-0.3, -0.25) is 9.59 Å². The molecule has 0 saturated heterocycles. The Hall–Kier alpha value is -2.28. The average molecular weight is 374 g/mol. The summed E-state index contributed by atoms with van der Waals surface area (Å²) in [6.07, 6.45) is 3.32. The molecule has 1 aromatic rings. The van der Waals surface area contributed by atoms with Crippen LogP contribution in [0.3, 0.4) is 0 Å². The molecule has 7 nitrogen and oxygen atoms in total. The molecule has 2 N–H and O–H groups in total. The van der Waals surface area contributed by atoms with Gasteiger partial charge in [0.25, 0.3) is 5.91 Å². The van der Waals surface area contributed by atoms with Gasteiger partial charge < -0.3 is 24.8 Å². The Morgan fingerprint density at radius 1 is 1.37 bits per heavy atom. The van der Waals surface area contributed by atoms with E-state index in [1.165, 1.54) is 0 Å². The van der Waals surface area contributed by atoms with Crippen molar-refractivity contribution in [1.82, 2.24) is 10.6 Å². The molecule has 1 spiro atoms. The number of carbonyl (C=O) groups excluding carboxylic acids is 2. The van der Waals surface area contributed by atoms with Crippen LogP contribution in [0.2, 0.25) is 0 Å². The molecular formula is C20H26N2O5. The van der Waals surface area contributed by atoms with E-state index < -0.39 is 5.72 Å². The van der Waals surface area contributed by atoms with Crippen LogP contribution >= 0.6 is 0 Å². The van der Waals surface area contributed by atoms with E-state index in [2.05, 4.69) is 10.6 Å². The molecule has 5 rings (SSSR count). The van der Waals surface area contributed by atoms with Crippen molar-refractivity contribution >= 4 is 11.8 Å². The highest BCUT2D eigenvalue weighted by Crippen LogP contribution is 2.52. The van der Waals surface area contributed by atoms with Gasteiger partial charge >= 0.3 is 0 Å². The maximum atomic E-state index is 12.7. The molecule has 7 heteroatoms. The van der Waals surface area contributed by atoms with Crippen molar-refractivity contribution in [2.24, 2.45) is 17.8 Å². The molecule has 0 radical (unpaired) electrons. The monoisotopic (exact) mass is 374 g/mol. The summed E-state index contributed by atoms with van der Waals surface area (Å²) >= 11 is 0. The zero-order valence-corrected chi connectivity index (χ0v) is 15.7. The highest BCUT2D eigenvalue weighted by Gasteiger charge is 2.57. The minimum Gasteiger partial charge on any atom is -0.497 e. The van der Waals surface area contributed by atoms with Gasteiger partial charge in [0.15, 0.2) is 5.72 Å². The van der Waals surface area contributed by atoms with Crippen molar-refractivity contribution in [2.75, 3.05) is 27.4 Å². The highest BCUT2D eigenvalue weighted by atomic mass is 16.5. The van der Waals surface area contributed by atoms with Crippen LogP contribution in [-0.2, 0) is 9.53 Å². The van der Waals surface area contributed by atoms with Gasteiger partial charge in [-0.2, -0.15) is 0 Å². The van der Waals surface area contributed by atoms with Crippen LogP contribution in [0.15, 0.2) is 18.2 Å². The van der Waals surface area contributed by atoms with Crippen molar-refractivity contribution in [3.63, 3.8) is 0 Å². The first kappa shape index (κ1) is 18.1. The molecule has 2 amide bonds. The Morgan fingerprint density at radius 3 is 2.93 bits per heavy atom. The van der Waals surface area contributed by atoms with Crippen molar-refractivity contribution in [2.45, 2.75) is 31.4 Å². The van der Waals surface area contributed by atoms with Gasteiger partial charge in [-0.25, -0.2) is 0 Å². The lowest BCUT2D eigenvalue weighted by atomic mass is 9.60. The Balaban J connectivity index is 1.53. The minimum atomic E-state index is -0.720. The van der Waals surface area contributed by atoms with Gasteiger partial charge in [0.1, 0.15) is 11.5 Å². The van der Waals surface area contributed by atoms with E-state index in [1.807, 2.05) is 0 Å². The fraction of sp³-hybridized carbons (Fsp3) is 0.600. The molecule has 0 unspecified atom stereocenters. The van der Waals surface area contributed by atoms with E-state index in [9.17, 15) is 9.59 Å². The quantitative estimate of drug-likeness (QED) is 0.767. The van der Waals surface area contributed by atoms with E-state index in [0.29, 0.717) is 36.6 Å². The molecule has 4 atom stereocenters. The molecule has 4 aliphatic rings. The molecule has 3 aliphatic carbocycles. The van der Waals surface area contributed by atoms with Gasteiger partial charge in [-0.1, -0.05) is 0 Å². The normalized spacial score (nSPS) is 31.0. The number of hydrogen-bond donors (Lipinski definition) is 2. The van der Waals surface area contributed by atoms with E-state index >= 15 is 0 Å². The van der Waals surface area contributed by atoms with Crippen molar-refractivity contribution in [3.8, 4) is 11.5 Å². The molecule has 146 valence electrons. The number of amides is 2. The van der Waals surface area contributed by atoms with Crippen molar-refractivity contribution < 1.29 is 23.8 Å². The summed E-state index contributed by atoms with van der Waals surface area (Å²) in [6.45, 7) is 1.03. The predicted molar refractivity (Wildman–Crippen MR) is 97.6 cm³/mol. The molecule has 2 bridgehead atoms. The van der Waals surface area contributed by atoms with Crippen LogP contribution in [0.25, 0.3) is 0 Å². The van der Waals surface area contributed by atoms with Crippen molar-refractivity contribution in [3.05, 3.63) is 23.8 Å². The summed E-state index contributed by atoms with van der Waals surface area (Å²) in [5.41, 5.74) is -0.195. The molecule has 27 heavy (non-hydrogen) atoms. The molecule has 1 aromatic carbocycles. The lowest BCUT2D eigenvalue weighted by Gasteiger charge is -2.55. The second kappa shape index (κ2) is 7.03. The Labute approximate surface area is 158 Å². The lowest BCUT2D eigenvalue weighted by molar-refractivity contribution is -0.146. The first-order valence-electron chi connectivity index (χ1n) is 9.52.